The summed E-state index contributed by atoms with van der Waals surface area (Å²) in [7, 11) is -2.75. The van der Waals surface area contributed by atoms with Gasteiger partial charge in [0.05, 0.1) is 18.8 Å². The predicted octanol–water partition coefficient (Wildman–Crippen LogP) is 4.21. The fourth-order valence-electron chi connectivity index (χ4n) is 5.14. The summed E-state index contributed by atoms with van der Waals surface area (Å²) in [6, 6.07) is 29.7. The van der Waals surface area contributed by atoms with E-state index < -0.39 is 32.8 Å². The van der Waals surface area contributed by atoms with Crippen molar-refractivity contribution in [2.45, 2.75) is 57.8 Å². The van der Waals surface area contributed by atoms with E-state index in [1.54, 1.807) is 0 Å². The summed E-state index contributed by atoms with van der Waals surface area (Å²) >= 11 is 0. The highest BCUT2D eigenvalue weighted by Gasteiger charge is 2.51. The van der Waals surface area contributed by atoms with Crippen LogP contribution in [0, 0.1) is 5.92 Å². The van der Waals surface area contributed by atoms with Crippen molar-refractivity contribution in [2.24, 2.45) is 5.92 Å². The Morgan fingerprint density at radius 2 is 1.43 bits per heavy atom. The maximum atomic E-state index is 12.5. The molecule has 196 valence electrons. The first-order valence-electron chi connectivity index (χ1n) is 12.8. The van der Waals surface area contributed by atoms with E-state index in [9.17, 15) is 9.90 Å². The molecule has 1 heterocycles. The van der Waals surface area contributed by atoms with Gasteiger partial charge in [-0.15, -0.1) is 0 Å². The highest BCUT2D eigenvalue weighted by atomic mass is 28.4. The Morgan fingerprint density at radius 3 is 1.95 bits per heavy atom. The number of hydrogen-bond acceptors (Lipinski definition) is 5. The van der Waals surface area contributed by atoms with E-state index in [2.05, 4.69) is 74.6 Å². The number of aliphatic hydroxyl groups excluding tert-OH is 1. The normalized spacial score (nSPS) is 22.0. The van der Waals surface area contributed by atoms with Crippen LogP contribution in [0.1, 0.15) is 33.3 Å². The van der Waals surface area contributed by atoms with Crippen LogP contribution in [0.5, 0.6) is 0 Å². The molecule has 0 aromatic heterocycles. The van der Waals surface area contributed by atoms with E-state index in [0.717, 1.165) is 5.56 Å². The number of nitrogens with one attached hydrogen (secondary N) is 1. The lowest BCUT2D eigenvalue weighted by Crippen LogP contribution is -2.67. The Balaban J connectivity index is 1.49. The van der Waals surface area contributed by atoms with E-state index in [1.807, 2.05) is 49.4 Å². The molecule has 4 rings (SSSR count). The molecule has 0 aliphatic carbocycles. The van der Waals surface area contributed by atoms with Crippen LogP contribution in [0.2, 0.25) is 5.04 Å². The second kappa shape index (κ2) is 11.6. The Labute approximate surface area is 220 Å². The summed E-state index contributed by atoms with van der Waals surface area (Å²) < 4.78 is 18.3. The maximum Gasteiger partial charge on any atom is 0.407 e. The van der Waals surface area contributed by atoms with Gasteiger partial charge in [0.2, 0.25) is 0 Å². The van der Waals surface area contributed by atoms with Crippen molar-refractivity contribution >= 4 is 24.8 Å². The summed E-state index contributed by atoms with van der Waals surface area (Å²) in [5, 5.41) is 15.6. The molecule has 1 aliphatic rings. The molecule has 1 saturated heterocycles. The molecule has 3 aromatic rings. The van der Waals surface area contributed by atoms with Crippen molar-refractivity contribution in [1.29, 1.82) is 0 Å². The van der Waals surface area contributed by atoms with Gasteiger partial charge >= 0.3 is 6.09 Å². The second-order valence-electron chi connectivity index (χ2n) is 10.6. The van der Waals surface area contributed by atoms with Crippen molar-refractivity contribution in [3.05, 3.63) is 96.6 Å². The van der Waals surface area contributed by atoms with E-state index in [-0.39, 0.29) is 17.6 Å². The molecule has 7 heteroatoms. The number of alkyl carbamates (subject to hydrolysis) is 1. The second-order valence-corrected chi connectivity index (χ2v) is 14.9. The molecule has 3 aromatic carbocycles. The molecule has 0 saturated carbocycles. The maximum absolute atomic E-state index is 12.5. The molecular formula is C30H37NO5Si. The lowest BCUT2D eigenvalue weighted by molar-refractivity contribution is -0.108. The number of amides is 1. The third-order valence-electron chi connectivity index (χ3n) is 7.15. The quantitative estimate of drug-likeness (QED) is 0.436. The van der Waals surface area contributed by atoms with Crippen LogP contribution in [0.15, 0.2) is 91.0 Å². The summed E-state index contributed by atoms with van der Waals surface area (Å²) in [5.41, 5.74) is 0.894. The summed E-state index contributed by atoms with van der Waals surface area (Å²) in [5.74, 6) is -0.183. The van der Waals surface area contributed by atoms with Crippen molar-refractivity contribution in [1.82, 2.24) is 5.32 Å². The minimum atomic E-state index is -2.75. The van der Waals surface area contributed by atoms with Crippen LogP contribution >= 0.6 is 0 Å². The third-order valence-corrected chi connectivity index (χ3v) is 12.2. The van der Waals surface area contributed by atoms with Gasteiger partial charge in [0.25, 0.3) is 8.32 Å². The van der Waals surface area contributed by atoms with Gasteiger partial charge < -0.3 is 24.3 Å². The minimum absolute atomic E-state index is 0.158. The van der Waals surface area contributed by atoms with Crippen LogP contribution in [-0.4, -0.2) is 44.6 Å². The standard InChI is InChI=1S/C30H37NO5Si/c1-22-26(36-28(32)27(22)31-29(33)34-20-23-14-8-5-9-15-23)21-35-37(30(2,3)4,24-16-10-6-11-17-24)25-18-12-7-13-19-25/h5-19,22,26-28,32H,20-21H2,1-4H3,(H,31,33)/t22-,26+,27+,28?/m1/s1. The monoisotopic (exact) mass is 519 g/mol. The molecule has 4 atom stereocenters. The number of benzene rings is 3. The van der Waals surface area contributed by atoms with E-state index >= 15 is 0 Å². The smallest absolute Gasteiger partial charge is 0.407 e. The molecule has 0 bridgehead atoms. The van der Waals surface area contributed by atoms with Gasteiger partial charge in [-0.2, -0.15) is 0 Å². The highest BCUT2D eigenvalue weighted by molar-refractivity contribution is 6.99. The fourth-order valence-corrected chi connectivity index (χ4v) is 9.71. The van der Waals surface area contributed by atoms with E-state index in [0.29, 0.717) is 6.61 Å². The van der Waals surface area contributed by atoms with Crippen LogP contribution in [0.4, 0.5) is 4.79 Å². The van der Waals surface area contributed by atoms with Crippen LogP contribution in [-0.2, 0) is 20.5 Å². The number of carbonyl (C=O) groups excluding carboxylic acids is 1. The van der Waals surface area contributed by atoms with Crippen LogP contribution in [0.3, 0.4) is 0 Å². The molecule has 1 aliphatic heterocycles. The van der Waals surface area contributed by atoms with Crippen LogP contribution in [0.25, 0.3) is 0 Å². The Kier molecular flexibility index (Phi) is 8.49. The number of aliphatic hydroxyl groups is 1. The number of rotatable bonds is 8. The predicted molar refractivity (Wildman–Crippen MR) is 147 cm³/mol. The van der Waals surface area contributed by atoms with Crippen molar-refractivity contribution in [2.75, 3.05) is 6.61 Å². The number of hydrogen-bond donors (Lipinski definition) is 2. The molecule has 0 spiro atoms. The lowest BCUT2D eigenvalue weighted by Gasteiger charge is -2.43. The topological polar surface area (TPSA) is 77.0 Å². The third kappa shape index (κ3) is 5.96. The summed E-state index contributed by atoms with van der Waals surface area (Å²) in [6.45, 7) is 9.08. The molecule has 6 nitrogen and oxygen atoms in total. The van der Waals surface area contributed by atoms with Crippen LogP contribution < -0.4 is 15.7 Å². The Bertz CT molecular complexity index is 1100. The number of carbonyl (C=O) groups is 1. The zero-order valence-electron chi connectivity index (χ0n) is 22.0. The van der Waals surface area contributed by atoms with Crippen molar-refractivity contribution in [3.63, 3.8) is 0 Å². The summed E-state index contributed by atoms with van der Waals surface area (Å²) in [4.78, 5) is 12.5. The van der Waals surface area contributed by atoms with Gasteiger partial charge in [0.15, 0.2) is 6.29 Å². The molecule has 2 N–H and O–H groups in total. The van der Waals surface area contributed by atoms with Gasteiger partial charge in [-0.25, -0.2) is 4.79 Å². The van der Waals surface area contributed by atoms with Gasteiger partial charge in [-0.3, -0.25) is 0 Å². The first-order chi connectivity index (χ1) is 17.7. The Hall–Kier alpha value is -2.97. The first-order valence-corrected chi connectivity index (χ1v) is 14.7. The molecular weight excluding hydrogens is 482 g/mol. The average Bonchev–Trinajstić information content (AvgIpc) is 3.16. The average molecular weight is 520 g/mol. The van der Waals surface area contributed by atoms with E-state index in [1.165, 1.54) is 10.4 Å². The summed E-state index contributed by atoms with van der Waals surface area (Å²) in [6.07, 6.45) is -2.12. The van der Waals surface area contributed by atoms with Crippen molar-refractivity contribution in [3.8, 4) is 0 Å². The molecule has 0 radical (unpaired) electrons. The molecule has 37 heavy (non-hydrogen) atoms. The fraction of sp³-hybridized carbons (Fsp3) is 0.367. The largest absolute Gasteiger partial charge is 0.445 e. The zero-order chi connectivity index (χ0) is 26.5. The van der Waals surface area contributed by atoms with Crippen molar-refractivity contribution < 1.29 is 23.8 Å². The minimum Gasteiger partial charge on any atom is -0.445 e. The SMILES string of the molecule is C[C@@H]1[C@H](CO[Si](c2ccccc2)(c2ccccc2)C(C)(C)C)OC(O)[C@H]1NC(=O)OCc1ccccc1. The Morgan fingerprint density at radius 1 is 0.919 bits per heavy atom. The zero-order valence-corrected chi connectivity index (χ0v) is 23.0. The first kappa shape index (κ1) is 27.1. The molecule has 1 unspecified atom stereocenters. The molecule has 1 fully saturated rings. The van der Waals surface area contributed by atoms with Gasteiger partial charge in [0.1, 0.15) is 6.61 Å². The van der Waals surface area contributed by atoms with E-state index in [4.69, 9.17) is 13.9 Å². The molecule has 1 amide bonds. The highest BCUT2D eigenvalue weighted by Crippen LogP contribution is 2.38. The van der Waals surface area contributed by atoms with Gasteiger partial charge in [0, 0.05) is 5.92 Å². The van der Waals surface area contributed by atoms with Gasteiger partial charge in [-0.1, -0.05) is 119 Å². The number of ether oxygens (including phenoxy) is 2. The van der Waals surface area contributed by atoms with Gasteiger partial charge in [-0.05, 0) is 21.0 Å². The lowest BCUT2D eigenvalue weighted by atomic mass is 9.99.